The lowest BCUT2D eigenvalue weighted by atomic mass is 10.1. The van der Waals surface area contributed by atoms with Gasteiger partial charge in [-0.05, 0) is 119 Å². The standard InChI is InChI=1S/C66H42N4O2S/c71-73(46-22-8-3-9-23-46)65-34-32-44(69-57-30-16-12-26-49(57)53-38-51-47-24-10-14-28-55(47)67(59(51)40-61(53)69)42-18-4-1-5-19-42)36-63(65)72-64-37-45(33-35-66(64)73)70-58-31-17-13-27-50(58)54-39-52-48-25-11-15-29-56(48)68(60(52)41-62(54)70)43-20-6-2-7-21-43/h1-41,73H. The molecule has 5 heterocycles. The summed E-state index contributed by atoms with van der Waals surface area (Å²) in [6.07, 6.45) is 0. The van der Waals surface area contributed by atoms with Crippen LogP contribution in [-0.4, -0.2) is 22.5 Å². The summed E-state index contributed by atoms with van der Waals surface area (Å²) in [5, 5.41) is 9.46. The average molecular weight is 955 g/mol. The maximum Gasteiger partial charge on any atom is 0.144 e. The van der Waals surface area contributed by atoms with Crippen molar-refractivity contribution in [1.82, 2.24) is 18.3 Å². The first-order valence-corrected chi connectivity index (χ1v) is 26.5. The zero-order chi connectivity index (χ0) is 47.9. The summed E-state index contributed by atoms with van der Waals surface area (Å²) in [6.45, 7) is 0. The van der Waals surface area contributed by atoms with Crippen LogP contribution in [-0.2, 0) is 9.93 Å². The fourth-order valence-electron chi connectivity index (χ4n) is 12.3. The molecule has 0 N–H and O–H groups in total. The normalized spacial score (nSPS) is 13.6. The lowest BCUT2D eigenvalue weighted by molar-refractivity contribution is 0.447. The Morgan fingerprint density at radius 1 is 0.260 bits per heavy atom. The van der Waals surface area contributed by atoms with Crippen molar-refractivity contribution in [3.05, 3.63) is 249 Å². The quantitative estimate of drug-likeness (QED) is 0.175. The minimum absolute atomic E-state index is 0.580. The van der Waals surface area contributed by atoms with E-state index in [1.165, 1.54) is 21.5 Å². The first-order chi connectivity index (χ1) is 36.1. The van der Waals surface area contributed by atoms with E-state index in [1.54, 1.807) is 0 Å². The average Bonchev–Trinajstić information content (AvgIpc) is 4.16. The highest BCUT2D eigenvalue weighted by Gasteiger charge is 2.35. The second kappa shape index (κ2) is 15.0. The molecule has 4 aromatic heterocycles. The molecule has 0 saturated heterocycles. The number of benzene rings is 11. The Balaban J connectivity index is 0.918. The number of hydrogen-bond acceptors (Lipinski definition) is 2. The van der Waals surface area contributed by atoms with Crippen LogP contribution in [0, 0.1) is 0 Å². The molecular weight excluding hydrogens is 913 g/mol. The first kappa shape index (κ1) is 40.3. The van der Waals surface area contributed by atoms with Crippen LogP contribution in [0.15, 0.2) is 263 Å². The Morgan fingerprint density at radius 2 is 0.575 bits per heavy atom. The molecule has 344 valence electrons. The summed E-state index contributed by atoms with van der Waals surface area (Å²) in [5.74, 6) is 1.16. The number of ether oxygens (including phenoxy) is 1. The Hall–Kier alpha value is -9.43. The van der Waals surface area contributed by atoms with E-state index in [2.05, 4.69) is 225 Å². The van der Waals surface area contributed by atoms with E-state index in [-0.39, 0.29) is 0 Å². The van der Waals surface area contributed by atoms with Gasteiger partial charge in [-0.25, -0.2) is 0 Å². The second-order valence-electron chi connectivity index (χ2n) is 19.2. The molecule has 0 unspecified atom stereocenters. The smallest absolute Gasteiger partial charge is 0.144 e. The third-order valence-corrected chi connectivity index (χ3v) is 18.5. The van der Waals surface area contributed by atoms with Gasteiger partial charge >= 0.3 is 0 Å². The Kier molecular flexibility index (Phi) is 8.31. The minimum Gasteiger partial charge on any atom is -0.455 e. The van der Waals surface area contributed by atoms with Gasteiger partial charge < -0.3 is 23.0 Å². The van der Waals surface area contributed by atoms with Crippen LogP contribution in [0.25, 0.3) is 110 Å². The van der Waals surface area contributed by atoms with Gasteiger partial charge in [-0.2, -0.15) is 0 Å². The van der Waals surface area contributed by atoms with Crippen molar-refractivity contribution in [3.63, 3.8) is 0 Å². The molecule has 1 aliphatic rings. The zero-order valence-corrected chi connectivity index (χ0v) is 40.1. The van der Waals surface area contributed by atoms with E-state index in [0.29, 0.717) is 21.3 Å². The van der Waals surface area contributed by atoms with E-state index >= 15 is 4.21 Å². The predicted molar refractivity (Wildman–Crippen MR) is 301 cm³/mol. The van der Waals surface area contributed by atoms with Gasteiger partial charge in [-0.1, -0.05) is 127 Å². The van der Waals surface area contributed by atoms with Gasteiger partial charge in [0.05, 0.1) is 53.9 Å². The molecule has 7 heteroatoms. The molecular formula is C66H42N4O2S. The Bertz CT molecular complexity index is 4570. The van der Waals surface area contributed by atoms with Gasteiger partial charge in [0.25, 0.3) is 0 Å². The minimum atomic E-state index is -3.46. The molecule has 1 aliphatic heterocycles. The number of thiol groups is 1. The Morgan fingerprint density at radius 3 is 0.945 bits per heavy atom. The van der Waals surface area contributed by atoms with Gasteiger partial charge in [-0.3, -0.25) is 4.21 Å². The van der Waals surface area contributed by atoms with E-state index in [0.717, 1.165) is 93.3 Å². The van der Waals surface area contributed by atoms with Gasteiger partial charge in [0.2, 0.25) is 0 Å². The van der Waals surface area contributed by atoms with Crippen LogP contribution in [0.1, 0.15) is 0 Å². The molecule has 11 aromatic carbocycles. The zero-order valence-electron chi connectivity index (χ0n) is 39.2. The molecule has 6 nitrogen and oxygen atoms in total. The molecule has 0 radical (unpaired) electrons. The molecule has 16 rings (SSSR count). The largest absolute Gasteiger partial charge is 0.455 e. The number of aromatic nitrogens is 4. The maximum absolute atomic E-state index is 16.4. The van der Waals surface area contributed by atoms with E-state index in [1.807, 2.05) is 42.5 Å². The van der Waals surface area contributed by atoms with E-state index < -0.39 is 9.93 Å². The lowest BCUT2D eigenvalue weighted by Gasteiger charge is -2.33. The topological polar surface area (TPSA) is 46.0 Å². The maximum atomic E-state index is 16.4. The van der Waals surface area contributed by atoms with Crippen LogP contribution in [0.5, 0.6) is 11.5 Å². The van der Waals surface area contributed by atoms with Crippen molar-refractivity contribution in [2.24, 2.45) is 0 Å². The fourth-order valence-corrected chi connectivity index (χ4v) is 15.1. The molecule has 0 amide bonds. The molecule has 0 atom stereocenters. The summed E-state index contributed by atoms with van der Waals surface area (Å²) in [5.41, 5.74) is 12.9. The fraction of sp³-hybridized carbons (Fsp3) is 0. The summed E-state index contributed by atoms with van der Waals surface area (Å²) < 4.78 is 33.0. The van der Waals surface area contributed by atoms with Crippen molar-refractivity contribution in [2.75, 3.05) is 0 Å². The molecule has 0 spiro atoms. The van der Waals surface area contributed by atoms with Gasteiger partial charge in [0, 0.05) is 82.9 Å². The van der Waals surface area contributed by atoms with Crippen molar-refractivity contribution in [2.45, 2.75) is 14.7 Å². The first-order valence-electron chi connectivity index (χ1n) is 24.8. The number of hydrogen-bond donors (Lipinski definition) is 1. The third kappa shape index (κ3) is 5.59. The number of rotatable bonds is 5. The van der Waals surface area contributed by atoms with Crippen molar-refractivity contribution in [1.29, 1.82) is 0 Å². The molecule has 73 heavy (non-hydrogen) atoms. The van der Waals surface area contributed by atoms with Crippen molar-refractivity contribution >= 4 is 97.2 Å². The van der Waals surface area contributed by atoms with Crippen LogP contribution >= 0.6 is 0 Å². The van der Waals surface area contributed by atoms with Crippen LogP contribution in [0.4, 0.5) is 0 Å². The van der Waals surface area contributed by atoms with Gasteiger partial charge in [0.1, 0.15) is 11.5 Å². The molecule has 0 saturated carbocycles. The van der Waals surface area contributed by atoms with Crippen LogP contribution in [0.2, 0.25) is 0 Å². The molecule has 0 fully saturated rings. The third-order valence-electron chi connectivity index (χ3n) is 15.4. The van der Waals surface area contributed by atoms with Crippen molar-refractivity contribution in [3.8, 4) is 34.2 Å². The molecule has 0 aliphatic carbocycles. The number of para-hydroxylation sites is 6. The lowest BCUT2D eigenvalue weighted by Crippen LogP contribution is -2.20. The second-order valence-corrected chi connectivity index (χ2v) is 21.9. The number of nitrogens with zero attached hydrogens (tertiary/aromatic N) is 4. The number of fused-ring (bicyclic) bond motifs is 14. The van der Waals surface area contributed by atoms with E-state index in [9.17, 15) is 0 Å². The summed E-state index contributed by atoms with van der Waals surface area (Å²) in [4.78, 5) is 2.13. The molecule has 15 aromatic rings. The summed E-state index contributed by atoms with van der Waals surface area (Å²) >= 11 is 0. The monoisotopic (exact) mass is 954 g/mol. The molecule has 0 bridgehead atoms. The van der Waals surface area contributed by atoms with Crippen LogP contribution < -0.4 is 4.74 Å². The van der Waals surface area contributed by atoms with Gasteiger partial charge in [0.15, 0.2) is 0 Å². The highest BCUT2D eigenvalue weighted by Crippen LogP contribution is 2.52. The van der Waals surface area contributed by atoms with Crippen molar-refractivity contribution < 1.29 is 8.95 Å². The highest BCUT2D eigenvalue weighted by atomic mass is 32.2. The van der Waals surface area contributed by atoms with E-state index in [4.69, 9.17) is 4.74 Å². The summed E-state index contributed by atoms with van der Waals surface area (Å²) in [6, 6.07) is 87.7. The van der Waals surface area contributed by atoms with Crippen LogP contribution in [0.3, 0.4) is 0 Å². The summed E-state index contributed by atoms with van der Waals surface area (Å²) in [7, 11) is -3.46. The Labute approximate surface area is 419 Å². The van der Waals surface area contributed by atoms with Gasteiger partial charge in [-0.15, -0.1) is 0 Å². The highest BCUT2D eigenvalue weighted by molar-refractivity contribution is 8.03. The SMILES string of the molecule is O=[SH]1(c2ccccc2)c2ccc(-n3c4ccccc4c4cc5c6ccccc6n(-c6ccccc6)c5cc43)cc2Oc2cc(-n3c4ccccc4c4cc5c6ccccc6n(-c6ccccc6)c5cc43)ccc21. The predicted octanol–water partition coefficient (Wildman–Crippen LogP) is 16.7.